The van der Waals surface area contributed by atoms with E-state index in [4.69, 9.17) is 21.3 Å². The Labute approximate surface area is 336 Å². The number of pyridine rings is 1. The topological polar surface area (TPSA) is 253 Å². The van der Waals surface area contributed by atoms with Gasteiger partial charge in [0.1, 0.15) is 21.0 Å². The standard InChI is InChI=1S/C37H38N10O7S3/c1-5-22-29(55-18(3)41-22)34(52)44-36-43-24-14-20(31(38)50)15-25(54-13-9-10-27(48)49)28(24)46(36)11-7-8-12-47-33-26(16-21(17-40-33)32(39)51)57-37(47)45-35(53)30-23(6-2)42-19(4)56-30/h7-8,14-17H,5-6,9-13H2,1-4H3,(H2,38,50)(H2,39,51)(H,48,49)(H,43,44,52)/b8-7+,45-37?. The number of imidazole rings is 1. The van der Waals surface area contributed by atoms with Crippen molar-refractivity contribution in [3.05, 3.63) is 83.6 Å². The van der Waals surface area contributed by atoms with Crippen molar-refractivity contribution in [2.24, 2.45) is 16.5 Å². The molecule has 57 heavy (non-hydrogen) atoms. The lowest BCUT2D eigenvalue weighted by Gasteiger charge is -2.12. The van der Waals surface area contributed by atoms with Crippen LogP contribution in [0.25, 0.3) is 21.4 Å². The number of hydrogen-bond donors (Lipinski definition) is 4. The number of rotatable bonds is 16. The number of benzene rings is 1. The number of carbonyl (C=O) groups is 5. The molecule has 4 amide bonds. The first-order valence-electron chi connectivity index (χ1n) is 17.7. The summed E-state index contributed by atoms with van der Waals surface area (Å²) in [6, 6.07) is 4.55. The summed E-state index contributed by atoms with van der Waals surface area (Å²) in [5.41, 5.74) is 14.0. The van der Waals surface area contributed by atoms with Crippen molar-refractivity contribution < 1.29 is 33.8 Å². The number of allylic oxidation sites excluding steroid dienone is 2. The Morgan fingerprint density at radius 1 is 0.877 bits per heavy atom. The number of carbonyl (C=O) groups excluding carboxylic acids is 4. The summed E-state index contributed by atoms with van der Waals surface area (Å²) in [6.07, 6.45) is 6.16. The molecule has 0 atom stereocenters. The summed E-state index contributed by atoms with van der Waals surface area (Å²) >= 11 is 3.71. The van der Waals surface area contributed by atoms with E-state index in [-0.39, 0.29) is 55.4 Å². The van der Waals surface area contributed by atoms with Crippen molar-refractivity contribution >= 4 is 90.9 Å². The molecule has 0 saturated carbocycles. The summed E-state index contributed by atoms with van der Waals surface area (Å²) in [4.78, 5) is 86.4. The number of primary amides is 2. The second-order valence-electron chi connectivity index (χ2n) is 12.6. The van der Waals surface area contributed by atoms with Gasteiger partial charge >= 0.3 is 5.97 Å². The first-order chi connectivity index (χ1) is 27.3. The smallest absolute Gasteiger partial charge is 0.303 e. The molecule has 0 spiro atoms. The molecular weight excluding hydrogens is 793 g/mol. The lowest BCUT2D eigenvalue weighted by Crippen LogP contribution is -2.17. The fraction of sp³-hybridized carbons (Fsp3) is 0.297. The highest BCUT2D eigenvalue weighted by Crippen LogP contribution is 2.32. The van der Waals surface area contributed by atoms with Gasteiger partial charge in [-0.25, -0.2) is 19.9 Å². The van der Waals surface area contributed by atoms with Gasteiger partial charge in [-0.3, -0.25) is 33.9 Å². The van der Waals surface area contributed by atoms with Crippen molar-refractivity contribution in [1.82, 2.24) is 29.1 Å². The number of nitrogens with two attached hydrogens (primary N) is 2. The molecule has 20 heteroatoms. The van der Waals surface area contributed by atoms with Crippen LogP contribution in [0.4, 0.5) is 5.95 Å². The summed E-state index contributed by atoms with van der Waals surface area (Å²) < 4.78 is 10.0. The molecule has 6 N–H and O–H groups in total. The van der Waals surface area contributed by atoms with E-state index in [9.17, 15) is 24.0 Å². The highest BCUT2D eigenvalue weighted by molar-refractivity contribution is 7.16. The summed E-state index contributed by atoms with van der Waals surface area (Å²) in [6.45, 7) is 7.80. The van der Waals surface area contributed by atoms with E-state index in [0.717, 1.165) is 10.0 Å². The average Bonchev–Trinajstić information content (AvgIpc) is 3.93. The van der Waals surface area contributed by atoms with Gasteiger partial charge in [-0.1, -0.05) is 37.3 Å². The number of thiazole rings is 3. The minimum atomic E-state index is -0.982. The van der Waals surface area contributed by atoms with Crippen molar-refractivity contribution in [1.29, 1.82) is 0 Å². The molecule has 296 valence electrons. The van der Waals surface area contributed by atoms with Gasteiger partial charge in [0.15, 0.2) is 10.4 Å². The van der Waals surface area contributed by atoms with Gasteiger partial charge in [0.05, 0.1) is 43.8 Å². The highest BCUT2D eigenvalue weighted by atomic mass is 32.1. The molecule has 0 unspecified atom stereocenters. The lowest BCUT2D eigenvalue weighted by molar-refractivity contribution is -0.137. The SMILES string of the molecule is CCc1nc(C)sc1C(=O)N=c1sc2cc(C(N)=O)cnc2n1C/C=C/Cn1c(NC(=O)c2sc(C)nc2CC)nc2cc(C(N)=O)cc(OCCCC(=O)O)c21. The Morgan fingerprint density at radius 2 is 1.53 bits per heavy atom. The van der Waals surface area contributed by atoms with Gasteiger partial charge in [-0.15, -0.1) is 22.7 Å². The fourth-order valence-electron chi connectivity index (χ4n) is 5.92. The summed E-state index contributed by atoms with van der Waals surface area (Å²) in [7, 11) is 0. The van der Waals surface area contributed by atoms with Crippen LogP contribution in [-0.2, 0) is 30.7 Å². The minimum absolute atomic E-state index is 0.0184. The lowest BCUT2D eigenvalue weighted by atomic mass is 10.1. The maximum absolute atomic E-state index is 13.7. The third-order valence-electron chi connectivity index (χ3n) is 8.53. The zero-order valence-corrected chi connectivity index (χ0v) is 33.8. The van der Waals surface area contributed by atoms with E-state index in [0.29, 0.717) is 60.2 Å². The number of anilines is 1. The zero-order chi connectivity index (χ0) is 41.0. The Kier molecular flexibility index (Phi) is 12.3. The van der Waals surface area contributed by atoms with Gasteiger partial charge in [0.25, 0.3) is 11.8 Å². The molecule has 17 nitrogen and oxygen atoms in total. The van der Waals surface area contributed by atoms with E-state index in [1.54, 1.807) is 15.2 Å². The Bertz CT molecular complexity index is 2670. The van der Waals surface area contributed by atoms with Gasteiger partial charge in [-0.05, 0) is 51.3 Å². The molecule has 1 aromatic carbocycles. The molecule has 5 aromatic heterocycles. The van der Waals surface area contributed by atoms with Gasteiger partial charge < -0.3 is 25.9 Å². The molecule has 0 fully saturated rings. The number of aromatic nitrogens is 6. The predicted octanol–water partition coefficient (Wildman–Crippen LogP) is 4.79. The Hall–Kier alpha value is -6.12. The van der Waals surface area contributed by atoms with E-state index >= 15 is 0 Å². The van der Waals surface area contributed by atoms with Crippen molar-refractivity contribution in [2.75, 3.05) is 11.9 Å². The average molecular weight is 831 g/mol. The maximum Gasteiger partial charge on any atom is 0.303 e. The maximum atomic E-state index is 13.7. The largest absolute Gasteiger partial charge is 0.491 e. The van der Waals surface area contributed by atoms with Gasteiger partial charge in [0.2, 0.25) is 17.8 Å². The number of hydrogen-bond acceptors (Lipinski definition) is 13. The Morgan fingerprint density at radius 3 is 2.18 bits per heavy atom. The third kappa shape index (κ3) is 8.97. The van der Waals surface area contributed by atoms with Gasteiger partial charge in [0, 0.05) is 31.3 Å². The zero-order valence-electron chi connectivity index (χ0n) is 31.3. The molecule has 0 bridgehead atoms. The van der Waals surface area contributed by atoms with Crippen LogP contribution in [0.5, 0.6) is 5.75 Å². The van der Waals surface area contributed by atoms with E-state index in [1.165, 1.54) is 52.3 Å². The first-order valence-corrected chi connectivity index (χ1v) is 20.2. The van der Waals surface area contributed by atoms with E-state index in [1.807, 2.05) is 39.8 Å². The third-order valence-corrected chi connectivity index (χ3v) is 11.6. The van der Waals surface area contributed by atoms with Crippen LogP contribution in [0.15, 0.2) is 41.5 Å². The predicted molar refractivity (Wildman–Crippen MR) is 216 cm³/mol. The van der Waals surface area contributed by atoms with Crippen molar-refractivity contribution in [3.8, 4) is 5.75 Å². The number of nitrogens with one attached hydrogen (secondary N) is 1. The number of carboxylic acids is 1. The number of ether oxygens (including phenoxy) is 1. The van der Waals surface area contributed by atoms with Crippen LogP contribution in [0, 0.1) is 13.8 Å². The molecule has 6 rings (SSSR count). The molecule has 5 heterocycles. The van der Waals surface area contributed by atoms with Crippen LogP contribution >= 0.6 is 34.0 Å². The van der Waals surface area contributed by atoms with E-state index < -0.39 is 29.6 Å². The number of carboxylic acid groups (broad SMARTS) is 1. The summed E-state index contributed by atoms with van der Waals surface area (Å²) in [5.74, 6) is -2.86. The second kappa shape index (κ2) is 17.3. The van der Waals surface area contributed by atoms with Crippen LogP contribution in [0.1, 0.15) is 88.2 Å². The number of amides is 4. The van der Waals surface area contributed by atoms with Crippen molar-refractivity contribution in [2.45, 2.75) is 66.5 Å². The van der Waals surface area contributed by atoms with Crippen LogP contribution in [0.2, 0.25) is 0 Å². The number of aryl methyl sites for hydroxylation is 4. The molecule has 0 aliphatic heterocycles. The number of aliphatic carboxylic acids is 1. The van der Waals surface area contributed by atoms with Crippen LogP contribution in [-0.4, -0.2) is 70.4 Å². The second-order valence-corrected chi connectivity index (χ2v) is 16.0. The number of fused-ring (bicyclic) bond motifs is 2. The minimum Gasteiger partial charge on any atom is -0.491 e. The highest BCUT2D eigenvalue weighted by Gasteiger charge is 2.23. The fourth-order valence-corrected chi connectivity index (χ4v) is 8.75. The van der Waals surface area contributed by atoms with Crippen LogP contribution in [0.3, 0.4) is 0 Å². The molecule has 6 aromatic rings. The monoisotopic (exact) mass is 830 g/mol. The normalized spacial score (nSPS) is 11.9. The summed E-state index contributed by atoms with van der Waals surface area (Å²) in [5, 5.41) is 13.5. The molecule has 0 aliphatic rings. The number of nitrogens with zero attached hydrogens (tertiary/aromatic N) is 7. The van der Waals surface area contributed by atoms with E-state index in [2.05, 4.69) is 30.2 Å². The molecule has 0 radical (unpaired) electrons. The van der Waals surface area contributed by atoms with Crippen molar-refractivity contribution in [3.63, 3.8) is 0 Å². The quantitative estimate of drug-likeness (QED) is 0.0762. The molecule has 0 saturated heterocycles. The Balaban J connectivity index is 1.40. The first kappa shape index (κ1) is 40.5. The molecule has 0 aliphatic carbocycles. The molecular formula is C37H38N10O7S3. The van der Waals surface area contributed by atoms with Gasteiger partial charge in [-0.2, -0.15) is 4.99 Å². The van der Waals surface area contributed by atoms with Crippen LogP contribution < -0.4 is 26.3 Å².